The number of aryl methyl sites for hydroxylation is 1. The second-order valence-electron chi connectivity index (χ2n) is 9.36. The zero-order valence-corrected chi connectivity index (χ0v) is 20.7. The fourth-order valence-electron chi connectivity index (χ4n) is 5.23. The number of hydrogen-bond donors (Lipinski definition) is 0. The molecule has 3 heterocycles. The predicted molar refractivity (Wildman–Crippen MR) is 134 cm³/mol. The Bertz CT molecular complexity index is 1400. The van der Waals surface area contributed by atoms with Gasteiger partial charge in [0.25, 0.3) is 0 Å². The number of alkyl halides is 3. The molecule has 1 fully saturated rings. The zero-order chi connectivity index (χ0) is 26.2. The molecule has 0 bridgehead atoms. The van der Waals surface area contributed by atoms with Gasteiger partial charge in [-0.15, -0.1) is 10.2 Å². The number of hydrogen-bond acceptors (Lipinski definition) is 5. The Kier molecular flexibility index (Phi) is 6.85. The lowest BCUT2D eigenvalue weighted by atomic mass is 10.0. The molecule has 6 nitrogen and oxygen atoms in total. The lowest BCUT2D eigenvalue weighted by molar-refractivity contribution is -0.138. The first kappa shape index (κ1) is 25.1. The molecule has 10 heteroatoms. The van der Waals surface area contributed by atoms with Crippen molar-refractivity contribution in [2.75, 3.05) is 24.5 Å². The minimum absolute atomic E-state index is 0.0159. The molecule has 1 saturated heterocycles. The summed E-state index contributed by atoms with van der Waals surface area (Å²) in [4.78, 5) is 4.21. The molecule has 1 atom stereocenters. The Morgan fingerprint density at radius 1 is 1.05 bits per heavy atom. The van der Waals surface area contributed by atoms with E-state index < -0.39 is 17.6 Å². The van der Waals surface area contributed by atoms with E-state index in [9.17, 15) is 17.6 Å². The molecular formula is C27H28F4N6. The fourth-order valence-corrected chi connectivity index (χ4v) is 5.23. The highest BCUT2D eigenvalue weighted by Gasteiger charge is 2.35. The number of benzene rings is 2. The average molecular weight is 513 g/mol. The number of halogens is 4. The van der Waals surface area contributed by atoms with Crippen LogP contribution in [0.5, 0.6) is 0 Å². The van der Waals surface area contributed by atoms with E-state index in [1.54, 1.807) is 10.9 Å². The SMILES string of the molecule is CCN(Cc1ccc(F)cc1C(F)(F)F)C1CCCN(c2nnc(-c3ccnn3C)c3ccccc23)C1. The van der Waals surface area contributed by atoms with Gasteiger partial charge < -0.3 is 4.90 Å². The summed E-state index contributed by atoms with van der Waals surface area (Å²) in [6.07, 6.45) is -1.17. The molecule has 4 aromatic rings. The Morgan fingerprint density at radius 2 is 1.84 bits per heavy atom. The minimum atomic E-state index is -4.61. The van der Waals surface area contributed by atoms with Gasteiger partial charge in [0.05, 0.1) is 11.3 Å². The van der Waals surface area contributed by atoms with E-state index in [1.807, 2.05) is 49.2 Å². The lowest BCUT2D eigenvalue weighted by Gasteiger charge is -2.40. The quantitative estimate of drug-likeness (QED) is 0.311. The van der Waals surface area contributed by atoms with Gasteiger partial charge in [-0.3, -0.25) is 9.58 Å². The predicted octanol–water partition coefficient (Wildman–Crippen LogP) is 5.68. The third kappa shape index (κ3) is 5.02. The molecule has 2 aromatic heterocycles. The van der Waals surface area contributed by atoms with Crippen LogP contribution in [0.2, 0.25) is 0 Å². The molecule has 5 rings (SSSR count). The molecule has 0 amide bonds. The summed E-state index contributed by atoms with van der Waals surface area (Å²) in [6.45, 7) is 3.99. The van der Waals surface area contributed by atoms with Crippen LogP contribution in [-0.2, 0) is 19.8 Å². The molecule has 37 heavy (non-hydrogen) atoms. The summed E-state index contributed by atoms with van der Waals surface area (Å²) in [7, 11) is 1.86. The van der Waals surface area contributed by atoms with E-state index in [1.165, 1.54) is 6.07 Å². The van der Waals surface area contributed by atoms with Gasteiger partial charge in [0.15, 0.2) is 5.82 Å². The topological polar surface area (TPSA) is 50.1 Å². The maximum atomic E-state index is 13.6. The zero-order valence-electron chi connectivity index (χ0n) is 20.7. The minimum Gasteiger partial charge on any atom is -0.353 e. The van der Waals surface area contributed by atoms with Gasteiger partial charge in [-0.2, -0.15) is 18.3 Å². The van der Waals surface area contributed by atoms with E-state index in [0.717, 1.165) is 53.4 Å². The van der Waals surface area contributed by atoms with E-state index >= 15 is 0 Å². The van der Waals surface area contributed by atoms with Crippen molar-refractivity contribution in [3.05, 3.63) is 71.7 Å². The van der Waals surface area contributed by atoms with Crippen LogP contribution in [0.15, 0.2) is 54.7 Å². The van der Waals surface area contributed by atoms with Crippen LogP contribution in [0, 0.1) is 5.82 Å². The number of aromatic nitrogens is 4. The van der Waals surface area contributed by atoms with Crippen molar-refractivity contribution in [1.82, 2.24) is 24.9 Å². The van der Waals surface area contributed by atoms with Crippen molar-refractivity contribution in [2.24, 2.45) is 7.05 Å². The Balaban J connectivity index is 1.43. The first-order chi connectivity index (χ1) is 17.8. The van der Waals surface area contributed by atoms with Gasteiger partial charge in [-0.05, 0) is 43.1 Å². The Morgan fingerprint density at radius 3 is 2.54 bits per heavy atom. The molecule has 0 aliphatic carbocycles. The molecule has 1 unspecified atom stereocenters. The fraction of sp³-hybridized carbons (Fsp3) is 0.370. The van der Waals surface area contributed by atoms with Crippen molar-refractivity contribution < 1.29 is 17.6 Å². The van der Waals surface area contributed by atoms with Crippen LogP contribution in [0.1, 0.15) is 30.9 Å². The molecule has 0 spiro atoms. The third-order valence-electron chi connectivity index (χ3n) is 7.10. The number of piperidine rings is 1. The first-order valence-electron chi connectivity index (χ1n) is 12.3. The highest BCUT2D eigenvalue weighted by Crippen LogP contribution is 2.35. The average Bonchev–Trinajstić information content (AvgIpc) is 3.32. The number of rotatable bonds is 6. The van der Waals surface area contributed by atoms with Crippen LogP contribution in [-0.4, -0.2) is 50.6 Å². The van der Waals surface area contributed by atoms with Gasteiger partial charge in [0, 0.05) is 49.7 Å². The van der Waals surface area contributed by atoms with Crippen molar-refractivity contribution in [3.8, 4) is 11.4 Å². The summed E-state index contributed by atoms with van der Waals surface area (Å²) in [6, 6.07) is 12.8. The van der Waals surface area contributed by atoms with E-state index in [0.29, 0.717) is 19.2 Å². The van der Waals surface area contributed by atoms with Crippen molar-refractivity contribution in [2.45, 2.75) is 38.5 Å². The van der Waals surface area contributed by atoms with Crippen LogP contribution in [0.25, 0.3) is 22.2 Å². The standard InChI is InChI=1S/C27H28F4N6/c1-3-36(16-18-10-11-19(28)15-23(18)27(29,30)31)20-7-6-14-37(17-20)26-22-9-5-4-8-21(22)25(33-34-26)24-12-13-32-35(24)2/h4-5,8-13,15,20H,3,6-7,14,16-17H2,1-2H3. The van der Waals surface area contributed by atoms with Crippen molar-refractivity contribution in [3.63, 3.8) is 0 Å². The van der Waals surface area contributed by atoms with E-state index in [2.05, 4.69) is 20.2 Å². The lowest BCUT2D eigenvalue weighted by Crippen LogP contribution is -2.48. The van der Waals surface area contributed by atoms with Crippen molar-refractivity contribution in [1.29, 1.82) is 0 Å². The van der Waals surface area contributed by atoms with Gasteiger partial charge >= 0.3 is 6.18 Å². The van der Waals surface area contributed by atoms with E-state index in [-0.39, 0.29) is 18.2 Å². The molecule has 1 aliphatic rings. The van der Waals surface area contributed by atoms with E-state index in [4.69, 9.17) is 0 Å². The third-order valence-corrected chi connectivity index (χ3v) is 7.10. The summed E-state index contributed by atoms with van der Waals surface area (Å²) in [5.41, 5.74) is 0.780. The highest BCUT2D eigenvalue weighted by molar-refractivity contribution is 5.99. The van der Waals surface area contributed by atoms with Gasteiger partial charge in [0.1, 0.15) is 11.5 Å². The molecule has 0 N–H and O–H groups in total. The molecule has 0 saturated carbocycles. The Hall–Kier alpha value is -3.53. The smallest absolute Gasteiger partial charge is 0.353 e. The molecule has 2 aromatic carbocycles. The maximum absolute atomic E-state index is 13.6. The van der Waals surface area contributed by atoms with Crippen LogP contribution in [0.3, 0.4) is 0 Å². The monoisotopic (exact) mass is 512 g/mol. The summed E-state index contributed by atoms with van der Waals surface area (Å²) in [5, 5.41) is 15.4. The number of anilines is 1. The van der Waals surface area contributed by atoms with Crippen LogP contribution < -0.4 is 4.90 Å². The summed E-state index contributed by atoms with van der Waals surface area (Å²) >= 11 is 0. The van der Waals surface area contributed by atoms with Gasteiger partial charge in [-0.1, -0.05) is 37.3 Å². The molecule has 1 aliphatic heterocycles. The molecular weight excluding hydrogens is 484 g/mol. The largest absolute Gasteiger partial charge is 0.416 e. The first-order valence-corrected chi connectivity index (χ1v) is 12.3. The van der Waals surface area contributed by atoms with Crippen molar-refractivity contribution >= 4 is 16.6 Å². The second-order valence-corrected chi connectivity index (χ2v) is 9.36. The second kappa shape index (κ2) is 10.1. The summed E-state index contributed by atoms with van der Waals surface area (Å²) < 4.78 is 56.2. The number of likely N-dealkylation sites (N-methyl/N-ethyl adjacent to an activating group) is 1. The number of nitrogens with zero attached hydrogens (tertiary/aromatic N) is 6. The molecule has 0 radical (unpaired) electrons. The Labute approximate surface area is 212 Å². The van der Waals surface area contributed by atoms with Crippen LogP contribution in [0.4, 0.5) is 23.4 Å². The summed E-state index contributed by atoms with van der Waals surface area (Å²) in [5.74, 6) is -0.122. The number of fused-ring (bicyclic) bond motifs is 1. The van der Waals surface area contributed by atoms with Gasteiger partial charge in [0.2, 0.25) is 0 Å². The van der Waals surface area contributed by atoms with Crippen LogP contribution >= 0.6 is 0 Å². The normalized spacial score (nSPS) is 16.6. The maximum Gasteiger partial charge on any atom is 0.416 e. The highest BCUT2D eigenvalue weighted by atomic mass is 19.4. The van der Waals surface area contributed by atoms with Gasteiger partial charge in [-0.25, -0.2) is 4.39 Å². The molecule has 194 valence electrons.